The van der Waals surface area contributed by atoms with Crippen LogP contribution in [-0.4, -0.2) is 32.8 Å². The van der Waals surface area contributed by atoms with E-state index in [4.69, 9.17) is 43.5 Å². The number of hydrogen-bond acceptors (Lipinski definition) is 5. The lowest BCUT2D eigenvalue weighted by molar-refractivity contribution is -0.0394. The molecule has 2 unspecified atom stereocenters. The van der Waals surface area contributed by atoms with Crippen LogP contribution < -0.4 is 5.73 Å². The molecule has 4 heterocycles. The summed E-state index contributed by atoms with van der Waals surface area (Å²) in [6, 6.07) is 1.68. The molecule has 2 aliphatic heterocycles. The maximum Gasteiger partial charge on any atom is 0.150 e. The fourth-order valence-electron chi connectivity index (χ4n) is 4.18. The second-order valence-electron chi connectivity index (χ2n) is 7.63. The monoisotopic (exact) mass is 435 g/mol. The minimum Gasteiger partial charge on any atom is -0.398 e. The number of fused-ring (bicyclic) bond motifs is 1. The molecule has 154 valence electrons. The van der Waals surface area contributed by atoms with Crippen LogP contribution in [0.15, 0.2) is 18.5 Å². The van der Waals surface area contributed by atoms with E-state index in [0.717, 1.165) is 61.8 Å². The van der Waals surface area contributed by atoms with E-state index in [1.54, 1.807) is 12.3 Å². The first-order chi connectivity index (χ1) is 14.1. The first-order valence-corrected chi connectivity index (χ1v) is 10.8. The van der Waals surface area contributed by atoms with Crippen LogP contribution in [0.4, 0.5) is 5.69 Å². The number of nitrogens with zero attached hydrogens (tertiary/aromatic N) is 4. The Labute approximate surface area is 178 Å². The van der Waals surface area contributed by atoms with E-state index in [1.165, 1.54) is 0 Å². The standard InChI is InChI=1S/C20H23Cl2N5O2/c21-13-9-14(23)17-19(12-10-24-26(11-12)15-5-1-3-7-28-15)25-27(20(17)18(13)22)16-6-2-4-8-29-16/h9-11,15-16H,1-8,23H2. The average molecular weight is 436 g/mol. The number of aromatic nitrogens is 4. The van der Waals surface area contributed by atoms with Gasteiger partial charge in [0.05, 0.1) is 27.1 Å². The van der Waals surface area contributed by atoms with Gasteiger partial charge < -0.3 is 15.2 Å². The van der Waals surface area contributed by atoms with Crippen LogP contribution in [-0.2, 0) is 9.47 Å². The maximum absolute atomic E-state index is 6.61. The van der Waals surface area contributed by atoms with Crippen molar-refractivity contribution in [3.63, 3.8) is 0 Å². The summed E-state index contributed by atoms with van der Waals surface area (Å²) in [5, 5.41) is 11.0. The minimum absolute atomic E-state index is 0.0390. The van der Waals surface area contributed by atoms with E-state index in [2.05, 4.69) is 5.10 Å². The van der Waals surface area contributed by atoms with E-state index >= 15 is 0 Å². The van der Waals surface area contributed by atoms with Crippen LogP contribution in [0.1, 0.15) is 51.0 Å². The van der Waals surface area contributed by atoms with Gasteiger partial charge in [0.1, 0.15) is 11.9 Å². The van der Waals surface area contributed by atoms with Gasteiger partial charge in [0.2, 0.25) is 0 Å². The van der Waals surface area contributed by atoms with Crippen molar-refractivity contribution in [3.8, 4) is 11.3 Å². The zero-order valence-corrected chi connectivity index (χ0v) is 17.5. The molecule has 0 saturated carbocycles. The molecule has 0 spiro atoms. The molecule has 0 radical (unpaired) electrons. The van der Waals surface area contributed by atoms with Gasteiger partial charge in [-0.1, -0.05) is 23.2 Å². The van der Waals surface area contributed by atoms with Crippen LogP contribution in [0, 0.1) is 0 Å². The summed E-state index contributed by atoms with van der Waals surface area (Å²) < 4.78 is 15.5. The molecular weight excluding hydrogens is 413 g/mol. The lowest BCUT2D eigenvalue weighted by Crippen LogP contribution is -2.19. The summed E-state index contributed by atoms with van der Waals surface area (Å²) in [6.45, 7) is 1.46. The molecule has 2 aliphatic rings. The largest absolute Gasteiger partial charge is 0.398 e. The first kappa shape index (κ1) is 19.2. The van der Waals surface area contributed by atoms with Crippen LogP contribution in [0.3, 0.4) is 0 Å². The van der Waals surface area contributed by atoms with Gasteiger partial charge in [0.15, 0.2) is 6.23 Å². The Morgan fingerprint density at radius 3 is 2.45 bits per heavy atom. The van der Waals surface area contributed by atoms with Crippen molar-refractivity contribution in [2.45, 2.75) is 51.0 Å². The second kappa shape index (κ2) is 7.80. The molecule has 2 atom stereocenters. The van der Waals surface area contributed by atoms with Gasteiger partial charge >= 0.3 is 0 Å². The van der Waals surface area contributed by atoms with Gasteiger partial charge in [0.25, 0.3) is 0 Å². The van der Waals surface area contributed by atoms with Crippen molar-refractivity contribution in [1.82, 2.24) is 19.6 Å². The van der Waals surface area contributed by atoms with Crippen molar-refractivity contribution in [1.29, 1.82) is 0 Å². The van der Waals surface area contributed by atoms with Crippen molar-refractivity contribution >= 4 is 39.8 Å². The fraction of sp³-hybridized carbons (Fsp3) is 0.500. The summed E-state index contributed by atoms with van der Waals surface area (Å²) in [7, 11) is 0. The van der Waals surface area contributed by atoms with E-state index in [1.807, 2.05) is 15.6 Å². The Morgan fingerprint density at radius 2 is 1.76 bits per heavy atom. The maximum atomic E-state index is 6.61. The molecule has 5 rings (SSSR count). The highest BCUT2D eigenvalue weighted by atomic mass is 35.5. The smallest absolute Gasteiger partial charge is 0.150 e. The summed E-state index contributed by atoms with van der Waals surface area (Å²) in [4.78, 5) is 0. The molecule has 2 aromatic heterocycles. The second-order valence-corrected chi connectivity index (χ2v) is 8.42. The van der Waals surface area contributed by atoms with E-state index < -0.39 is 0 Å². The highest BCUT2D eigenvalue weighted by Gasteiger charge is 2.27. The first-order valence-electron chi connectivity index (χ1n) is 10.1. The topological polar surface area (TPSA) is 80.1 Å². The Hall–Kier alpha value is -1.80. The van der Waals surface area contributed by atoms with Crippen LogP contribution >= 0.6 is 23.2 Å². The minimum atomic E-state index is -0.188. The number of ether oxygens (including phenoxy) is 2. The van der Waals surface area contributed by atoms with Gasteiger partial charge in [-0.25, -0.2) is 9.36 Å². The number of anilines is 1. The van der Waals surface area contributed by atoms with Gasteiger partial charge in [-0.05, 0) is 44.6 Å². The van der Waals surface area contributed by atoms with Gasteiger partial charge in [-0.3, -0.25) is 0 Å². The molecule has 1 aromatic carbocycles. The summed E-state index contributed by atoms with van der Waals surface area (Å²) in [5.41, 5.74) is 9.20. The number of hydrogen-bond donors (Lipinski definition) is 1. The van der Waals surface area contributed by atoms with Crippen LogP contribution in [0.2, 0.25) is 10.0 Å². The lowest BCUT2D eigenvalue weighted by atomic mass is 10.1. The molecule has 29 heavy (non-hydrogen) atoms. The number of nitrogen functional groups attached to an aromatic ring is 1. The van der Waals surface area contributed by atoms with Crippen molar-refractivity contribution in [2.24, 2.45) is 0 Å². The zero-order chi connectivity index (χ0) is 20.0. The van der Waals surface area contributed by atoms with Gasteiger partial charge in [-0.2, -0.15) is 10.2 Å². The molecule has 7 nitrogen and oxygen atoms in total. The normalized spacial score (nSPS) is 23.0. The highest BCUT2D eigenvalue weighted by Crippen LogP contribution is 2.42. The Bertz CT molecular complexity index is 1040. The van der Waals surface area contributed by atoms with E-state index in [9.17, 15) is 0 Å². The predicted octanol–water partition coefficient (Wildman–Crippen LogP) is 5.19. The summed E-state index contributed by atoms with van der Waals surface area (Å²) in [5.74, 6) is 0. The summed E-state index contributed by atoms with van der Waals surface area (Å²) >= 11 is 12.9. The molecule has 2 fully saturated rings. The van der Waals surface area contributed by atoms with Crippen molar-refractivity contribution in [2.75, 3.05) is 18.9 Å². The van der Waals surface area contributed by atoms with E-state index in [-0.39, 0.29) is 12.5 Å². The molecule has 9 heteroatoms. The molecule has 2 saturated heterocycles. The number of rotatable bonds is 3. The number of halogens is 2. The Morgan fingerprint density at radius 1 is 1.03 bits per heavy atom. The summed E-state index contributed by atoms with van der Waals surface area (Å²) in [6.07, 6.45) is 9.71. The molecule has 3 aromatic rings. The predicted molar refractivity (Wildman–Crippen MR) is 113 cm³/mol. The van der Waals surface area contributed by atoms with Gasteiger partial charge in [-0.15, -0.1) is 0 Å². The van der Waals surface area contributed by atoms with Crippen molar-refractivity contribution < 1.29 is 9.47 Å². The third-order valence-corrected chi connectivity index (χ3v) is 6.43. The molecular formula is C20H23Cl2N5O2. The number of nitrogens with two attached hydrogens (primary N) is 1. The highest BCUT2D eigenvalue weighted by molar-refractivity contribution is 6.45. The van der Waals surface area contributed by atoms with Crippen molar-refractivity contribution in [3.05, 3.63) is 28.5 Å². The third kappa shape index (κ3) is 3.40. The van der Waals surface area contributed by atoms with Crippen LogP contribution in [0.5, 0.6) is 0 Å². The zero-order valence-electron chi connectivity index (χ0n) is 16.0. The SMILES string of the molecule is Nc1cc(Cl)c(Cl)c2c1c(-c1cnn(C3CCCCO3)c1)nn2C1CCCCO1. The molecule has 2 N–H and O–H groups in total. The quantitative estimate of drug-likeness (QED) is 0.572. The molecule has 0 bridgehead atoms. The Balaban J connectivity index is 1.64. The molecule has 0 amide bonds. The molecule has 0 aliphatic carbocycles. The Kier molecular flexibility index (Phi) is 5.16. The number of benzene rings is 1. The van der Waals surface area contributed by atoms with E-state index in [0.29, 0.717) is 27.9 Å². The lowest BCUT2D eigenvalue weighted by Gasteiger charge is -2.23. The third-order valence-electron chi connectivity index (χ3n) is 5.65. The average Bonchev–Trinajstić information content (AvgIpc) is 3.39. The van der Waals surface area contributed by atoms with Gasteiger partial charge in [0, 0.05) is 30.7 Å². The van der Waals surface area contributed by atoms with Crippen LogP contribution in [0.25, 0.3) is 22.2 Å². The fourth-order valence-corrected chi connectivity index (χ4v) is 4.62.